The Morgan fingerprint density at radius 3 is 2.37 bits per heavy atom. The summed E-state index contributed by atoms with van der Waals surface area (Å²) in [5.41, 5.74) is 1.28. The minimum absolute atomic E-state index is 0.415. The Morgan fingerprint density at radius 2 is 1.74 bits per heavy atom. The van der Waals surface area contributed by atoms with Crippen LogP contribution in [0.4, 0.5) is 0 Å². The largest absolute Gasteiger partial charge is 0.310 e. The third kappa shape index (κ3) is 7.99. The van der Waals surface area contributed by atoms with Crippen molar-refractivity contribution in [2.24, 2.45) is 0 Å². The third-order valence-corrected chi connectivity index (χ3v) is 3.67. The van der Waals surface area contributed by atoms with Gasteiger partial charge in [0.15, 0.2) is 0 Å². The fraction of sp³-hybridized carbons (Fsp3) is 0.706. The molecule has 1 rings (SSSR count). The van der Waals surface area contributed by atoms with Crippen LogP contribution in [-0.2, 0) is 0 Å². The van der Waals surface area contributed by atoms with Gasteiger partial charge >= 0.3 is 0 Å². The summed E-state index contributed by atoms with van der Waals surface area (Å²) >= 11 is 0. The van der Waals surface area contributed by atoms with Crippen LogP contribution < -0.4 is 5.32 Å². The summed E-state index contributed by atoms with van der Waals surface area (Å²) in [7, 11) is 0. The van der Waals surface area contributed by atoms with Crippen molar-refractivity contribution >= 4 is 0 Å². The molecular formula is C17H30N2. The van der Waals surface area contributed by atoms with Crippen molar-refractivity contribution in [3.05, 3.63) is 30.1 Å². The van der Waals surface area contributed by atoms with Crippen molar-refractivity contribution < 1.29 is 0 Å². The summed E-state index contributed by atoms with van der Waals surface area (Å²) in [5, 5.41) is 3.57. The van der Waals surface area contributed by atoms with Crippen LogP contribution in [-0.4, -0.2) is 11.5 Å². The van der Waals surface area contributed by atoms with Crippen LogP contribution in [0.1, 0.15) is 76.8 Å². The molecule has 0 fully saturated rings. The quantitative estimate of drug-likeness (QED) is 0.575. The highest BCUT2D eigenvalue weighted by atomic mass is 14.9. The number of hydrogen-bond donors (Lipinski definition) is 1. The Bertz CT molecular complexity index is 297. The van der Waals surface area contributed by atoms with Gasteiger partial charge in [-0.15, -0.1) is 0 Å². The van der Waals surface area contributed by atoms with E-state index in [-0.39, 0.29) is 0 Å². The van der Waals surface area contributed by atoms with E-state index in [1.807, 2.05) is 18.5 Å². The van der Waals surface area contributed by atoms with E-state index in [0.717, 1.165) is 6.54 Å². The van der Waals surface area contributed by atoms with Gasteiger partial charge in [-0.3, -0.25) is 4.98 Å². The molecule has 108 valence electrons. The van der Waals surface area contributed by atoms with Crippen molar-refractivity contribution in [3.63, 3.8) is 0 Å². The van der Waals surface area contributed by atoms with Gasteiger partial charge in [0, 0.05) is 18.4 Å². The van der Waals surface area contributed by atoms with E-state index in [9.17, 15) is 0 Å². The number of nitrogens with one attached hydrogen (secondary N) is 1. The van der Waals surface area contributed by atoms with Crippen molar-refractivity contribution in [3.8, 4) is 0 Å². The first kappa shape index (κ1) is 16.2. The first-order chi connectivity index (χ1) is 9.34. The van der Waals surface area contributed by atoms with Crippen LogP contribution in [0.25, 0.3) is 0 Å². The maximum Gasteiger partial charge on any atom is 0.0315 e. The SMILES string of the molecule is CCCCCCCCCCN[C@@H](C)c1cccnc1. The van der Waals surface area contributed by atoms with E-state index >= 15 is 0 Å². The lowest BCUT2D eigenvalue weighted by molar-refractivity contribution is 0.521. The number of pyridine rings is 1. The summed E-state index contributed by atoms with van der Waals surface area (Å²) in [6, 6.07) is 4.56. The molecule has 1 heterocycles. The summed E-state index contributed by atoms with van der Waals surface area (Å²) < 4.78 is 0. The molecule has 0 saturated carbocycles. The molecule has 1 aromatic rings. The topological polar surface area (TPSA) is 24.9 Å². The maximum atomic E-state index is 4.16. The molecule has 0 aliphatic heterocycles. The van der Waals surface area contributed by atoms with Gasteiger partial charge in [0.05, 0.1) is 0 Å². The summed E-state index contributed by atoms with van der Waals surface area (Å²) in [6.07, 6.45) is 14.8. The van der Waals surface area contributed by atoms with Crippen LogP contribution in [0.2, 0.25) is 0 Å². The predicted molar refractivity (Wildman–Crippen MR) is 83.3 cm³/mol. The molecule has 0 bridgehead atoms. The lowest BCUT2D eigenvalue weighted by Gasteiger charge is -2.13. The normalized spacial score (nSPS) is 12.5. The molecule has 0 aliphatic rings. The van der Waals surface area contributed by atoms with Gasteiger partial charge in [0.2, 0.25) is 0 Å². The Kier molecular flexibility index (Phi) is 9.34. The van der Waals surface area contributed by atoms with Crippen molar-refractivity contribution in [2.45, 2.75) is 71.3 Å². The van der Waals surface area contributed by atoms with Gasteiger partial charge in [0.1, 0.15) is 0 Å². The maximum absolute atomic E-state index is 4.16. The highest BCUT2D eigenvalue weighted by Crippen LogP contribution is 2.11. The second-order valence-corrected chi connectivity index (χ2v) is 5.44. The molecule has 0 saturated heterocycles. The lowest BCUT2D eigenvalue weighted by atomic mass is 10.1. The minimum atomic E-state index is 0.415. The Morgan fingerprint density at radius 1 is 1.05 bits per heavy atom. The fourth-order valence-corrected chi connectivity index (χ4v) is 2.33. The van der Waals surface area contributed by atoms with E-state index in [2.05, 4.69) is 30.2 Å². The molecule has 2 nitrogen and oxygen atoms in total. The van der Waals surface area contributed by atoms with E-state index in [4.69, 9.17) is 0 Å². The molecule has 1 N–H and O–H groups in total. The first-order valence-corrected chi connectivity index (χ1v) is 7.98. The van der Waals surface area contributed by atoms with Crippen LogP contribution in [0.15, 0.2) is 24.5 Å². The fourth-order valence-electron chi connectivity index (χ4n) is 2.33. The average Bonchev–Trinajstić information content (AvgIpc) is 2.46. The van der Waals surface area contributed by atoms with Gasteiger partial charge in [0.25, 0.3) is 0 Å². The monoisotopic (exact) mass is 262 g/mol. The van der Waals surface area contributed by atoms with Gasteiger partial charge in [-0.1, -0.05) is 57.9 Å². The van der Waals surface area contributed by atoms with Crippen LogP contribution in [0.5, 0.6) is 0 Å². The van der Waals surface area contributed by atoms with E-state index < -0.39 is 0 Å². The van der Waals surface area contributed by atoms with Gasteiger partial charge in [-0.05, 0) is 31.5 Å². The van der Waals surface area contributed by atoms with E-state index in [0.29, 0.717) is 6.04 Å². The lowest BCUT2D eigenvalue weighted by Crippen LogP contribution is -2.19. The molecule has 19 heavy (non-hydrogen) atoms. The van der Waals surface area contributed by atoms with Crippen LogP contribution in [0.3, 0.4) is 0 Å². The number of unbranched alkanes of at least 4 members (excludes halogenated alkanes) is 7. The second-order valence-electron chi connectivity index (χ2n) is 5.44. The Balaban J connectivity index is 1.93. The molecule has 0 unspecified atom stereocenters. The minimum Gasteiger partial charge on any atom is -0.310 e. The van der Waals surface area contributed by atoms with Crippen molar-refractivity contribution in [2.75, 3.05) is 6.54 Å². The number of rotatable bonds is 11. The molecule has 0 aromatic carbocycles. The smallest absolute Gasteiger partial charge is 0.0315 e. The van der Waals surface area contributed by atoms with Crippen LogP contribution >= 0.6 is 0 Å². The number of hydrogen-bond acceptors (Lipinski definition) is 2. The molecule has 1 aromatic heterocycles. The van der Waals surface area contributed by atoms with E-state index in [1.165, 1.54) is 56.9 Å². The molecule has 1 atom stereocenters. The highest BCUT2D eigenvalue weighted by molar-refractivity contribution is 5.12. The number of aromatic nitrogens is 1. The second kappa shape index (κ2) is 11.0. The zero-order valence-corrected chi connectivity index (χ0v) is 12.7. The summed E-state index contributed by atoms with van der Waals surface area (Å²) in [6.45, 7) is 5.60. The Hall–Kier alpha value is -0.890. The molecule has 2 heteroatoms. The third-order valence-electron chi connectivity index (χ3n) is 3.67. The molecule has 0 spiro atoms. The predicted octanol–water partition coefficient (Wildman–Crippen LogP) is 4.87. The van der Waals surface area contributed by atoms with Crippen molar-refractivity contribution in [1.82, 2.24) is 10.3 Å². The van der Waals surface area contributed by atoms with Crippen LogP contribution in [0, 0.1) is 0 Å². The molecular weight excluding hydrogens is 232 g/mol. The average molecular weight is 262 g/mol. The standard InChI is InChI=1S/C17H30N2/c1-3-4-5-6-7-8-9-10-14-19-16(2)17-12-11-13-18-15-17/h11-13,15-16,19H,3-10,14H2,1-2H3/t16-/m0/s1. The van der Waals surface area contributed by atoms with E-state index in [1.54, 1.807) is 0 Å². The molecule has 0 aliphatic carbocycles. The number of nitrogens with zero attached hydrogens (tertiary/aromatic N) is 1. The summed E-state index contributed by atoms with van der Waals surface area (Å²) in [4.78, 5) is 4.16. The van der Waals surface area contributed by atoms with Gasteiger partial charge < -0.3 is 5.32 Å². The zero-order chi connectivity index (χ0) is 13.8. The first-order valence-electron chi connectivity index (χ1n) is 7.98. The molecule has 0 amide bonds. The summed E-state index contributed by atoms with van der Waals surface area (Å²) in [5.74, 6) is 0. The zero-order valence-electron chi connectivity index (χ0n) is 12.7. The van der Waals surface area contributed by atoms with Gasteiger partial charge in [-0.2, -0.15) is 0 Å². The Labute approximate surface area is 119 Å². The van der Waals surface area contributed by atoms with Gasteiger partial charge in [-0.25, -0.2) is 0 Å². The van der Waals surface area contributed by atoms with Crippen molar-refractivity contribution in [1.29, 1.82) is 0 Å². The molecule has 0 radical (unpaired) electrons. The highest BCUT2D eigenvalue weighted by Gasteiger charge is 2.03.